The Hall–Kier alpha value is -3.54. The number of para-hydroxylation sites is 1. The third-order valence-corrected chi connectivity index (χ3v) is 7.13. The number of imide groups is 1. The van der Waals surface area contributed by atoms with E-state index < -0.39 is 0 Å². The molecule has 6 heteroatoms. The second-order valence-corrected chi connectivity index (χ2v) is 8.93. The molecule has 5 nitrogen and oxygen atoms in total. The van der Waals surface area contributed by atoms with Gasteiger partial charge in [-0.2, -0.15) is 10.1 Å². The summed E-state index contributed by atoms with van der Waals surface area (Å²) in [6.07, 6.45) is 9.73. The summed E-state index contributed by atoms with van der Waals surface area (Å²) < 4.78 is 15.3. The molecule has 2 aromatic carbocycles. The lowest BCUT2D eigenvalue weighted by atomic mass is 9.63. The maximum absolute atomic E-state index is 13.3. The fourth-order valence-corrected chi connectivity index (χ4v) is 5.59. The molecule has 2 amide bonds. The maximum atomic E-state index is 13.3. The molecule has 1 saturated heterocycles. The lowest BCUT2D eigenvalue weighted by Gasteiger charge is -2.37. The fourth-order valence-electron chi connectivity index (χ4n) is 5.59. The first-order chi connectivity index (χ1) is 15.6. The third-order valence-electron chi connectivity index (χ3n) is 7.13. The highest BCUT2D eigenvalue weighted by atomic mass is 19.1. The number of carbonyl (C=O) groups is 2. The minimum absolute atomic E-state index is 0.152. The van der Waals surface area contributed by atoms with Gasteiger partial charge in [-0.05, 0) is 48.4 Å². The first kappa shape index (κ1) is 19.2. The first-order valence-electron chi connectivity index (χ1n) is 11.0. The van der Waals surface area contributed by atoms with Crippen LogP contribution in [0.25, 0.3) is 10.9 Å². The number of hydrazone groups is 1. The molecule has 1 aromatic heterocycles. The molecule has 7 rings (SSSR count). The van der Waals surface area contributed by atoms with E-state index in [1.54, 1.807) is 18.3 Å². The largest absolute Gasteiger partial charge is 0.342 e. The number of aromatic nitrogens is 1. The minimum atomic E-state index is -0.261. The van der Waals surface area contributed by atoms with Crippen LogP contribution in [0.5, 0.6) is 0 Å². The molecule has 0 unspecified atom stereocenters. The molecule has 2 bridgehead atoms. The van der Waals surface area contributed by atoms with Gasteiger partial charge in [0, 0.05) is 29.2 Å². The van der Waals surface area contributed by atoms with Crippen molar-refractivity contribution in [1.82, 2.24) is 9.58 Å². The van der Waals surface area contributed by atoms with Crippen LogP contribution in [0.2, 0.25) is 0 Å². The summed E-state index contributed by atoms with van der Waals surface area (Å²) in [6.45, 7) is 0.579. The van der Waals surface area contributed by atoms with Gasteiger partial charge in [-0.1, -0.05) is 42.5 Å². The number of halogens is 1. The lowest BCUT2D eigenvalue weighted by molar-refractivity contribution is -0.140. The van der Waals surface area contributed by atoms with Gasteiger partial charge in [-0.25, -0.2) is 4.39 Å². The van der Waals surface area contributed by atoms with Gasteiger partial charge in [-0.15, -0.1) is 0 Å². The van der Waals surface area contributed by atoms with E-state index in [0.717, 1.165) is 39.9 Å². The zero-order chi connectivity index (χ0) is 21.8. The van der Waals surface area contributed by atoms with Gasteiger partial charge in [0.1, 0.15) is 5.82 Å². The molecule has 1 saturated carbocycles. The smallest absolute Gasteiger partial charge is 0.254 e. The van der Waals surface area contributed by atoms with Gasteiger partial charge in [0.25, 0.3) is 11.8 Å². The van der Waals surface area contributed by atoms with Crippen LogP contribution in [0.1, 0.15) is 24.0 Å². The van der Waals surface area contributed by atoms with Crippen LogP contribution in [0.15, 0.2) is 72.0 Å². The highest BCUT2D eigenvalue weighted by Gasteiger charge is 2.56. The summed E-state index contributed by atoms with van der Waals surface area (Å²) in [5.74, 6) is -0.830. The number of carbonyl (C=O) groups excluding carboxylic acids is 2. The number of hydrogen-bond donors (Lipinski definition) is 0. The summed E-state index contributed by atoms with van der Waals surface area (Å²) in [6, 6.07) is 14.4. The van der Waals surface area contributed by atoms with Crippen molar-refractivity contribution in [3.05, 3.63) is 83.8 Å². The normalized spacial score (nSPS) is 26.6. The summed E-state index contributed by atoms with van der Waals surface area (Å²) >= 11 is 0. The molecule has 32 heavy (non-hydrogen) atoms. The first-order valence-corrected chi connectivity index (χ1v) is 11.0. The van der Waals surface area contributed by atoms with Crippen molar-refractivity contribution in [2.24, 2.45) is 28.8 Å². The maximum Gasteiger partial charge on any atom is 0.254 e. The van der Waals surface area contributed by atoms with E-state index >= 15 is 0 Å². The number of fused-ring (bicyclic) bond motifs is 2. The summed E-state index contributed by atoms with van der Waals surface area (Å²) in [7, 11) is 0. The molecule has 3 aromatic rings. The van der Waals surface area contributed by atoms with Gasteiger partial charge in [0.15, 0.2) is 0 Å². The Kier molecular flexibility index (Phi) is 4.35. The van der Waals surface area contributed by atoms with Crippen LogP contribution >= 0.6 is 0 Å². The van der Waals surface area contributed by atoms with Gasteiger partial charge in [0.2, 0.25) is 0 Å². The quantitative estimate of drug-likeness (QED) is 0.353. The van der Waals surface area contributed by atoms with E-state index in [2.05, 4.69) is 21.8 Å². The number of nitrogens with zero attached hydrogens (tertiary/aromatic N) is 3. The number of benzene rings is 2. The Morgan fingerprint density at radius 2 is 1.59 bits per heavy atom. The fraction of sp³-hybridized carbons (Fsp3) is 0.269. The van der Waals surface area contributed by atoms with E-state index in [0.29, 0.717) is 6.54 Å². The third kappa shape index (κ3) is 2.93. The standard InChI is InChI=1S/C26H22FN3O2/c27-20-11-5-16(6-12-20)14-29-15-19(21-3-1-2-4-22(21)29)13-28-30-25(31)23-17-7-8-18(10-9-17)24(23)26(30)32/h1-8,11-13,15,17-18,23-24H,9-10,14H2/b28-13-/t17-,18-,23-,24+/m0/s1. The molecular formula is C26H22FN3O2. The van der Waals surface area contributed by atoms with Crippen LogP contribution in [0, 0.1) is 29.5 Å². The van der Waals surface area contributed by atoms with Gasteiger partial charge < -0.3 is 4.57 Å². The number of hydrogen-bond acceptors (Lipinski definition) is 3. The summed E-state index contributed by atoms with van der Waals surface area (Å²) in [4.78, 5) is 26.0. The Bertz CT molecular complexity index is 1260. The minimum Gasteiger partial charge on any atom is -0.342 e. The molecule has 4 aliphatic rings. The number of amides is 2. The lowest BCUT2D eigenvalue weighted by Crippen LogP contribution is -2.38. The monoisotopic (exact) mass is 427 g/mol. The van der Waals surface area contributed by atoms with Crippen molar-refractivity contribution < 1.29 is 14.0 Å². The molecular weight excluding hydrogens is 405 g/mol. The highest BCUT2D eigenvalue weighted by Crippen LogP contribution is 2.49. The van der Waals surface area contributed by atoms with E-state index in [4.69, 9.17) is 0 Å². The molecule has 4 atom stereocenters. The topological polar surface area (TPSA) is 54.7 Å². The Morgan fingerprint density at radius 3 is 2.25 bits per heavy atom. The van der Waals surface area contributed by atoms with Crippen molar-refractivity contribution in [3.8, 4) is 0 Å². The van der Waals surface area contributed by atoms with Crippen LogP contribution in [-0.4, -0.2) is 27.6 Å². The Balaban J connectivity index is 1.32. The van der Waals surface area contributed by atoms with Crippen LogP contribution < -0.4 is 0 Å². The number of allylic oxidation sites excluding steroid dienone is 2. The molecule has 0 spiro atoms. The van der Waals surface area contributed by atoms with Crippen molar-refractivity contribution in [2.75, 3.05) is 0 Å². The molecule has 2 fully saturated rings. The van der Waals surface area contributed by atoms with E-state index in [1.165, 1.54) is 12.1 Å². The summed E-state index contributed by atoms with van der Waals surface area (Å²) in [5.41, 5.74) is 2.82. The predicted molar refractivity (Wildman–Crippen MR) is 119 cm³/mol. The molecule has 0 N–H and O–H groups in total. The molecule has 160 valence electrons. The van der Waals surface area contributed by atoms with Crippen LogP contribution in [0.4, 0.5) is 4.39 Å². The van der Waals surface area contributed by atoms with E-state index in [-0.39, 0.29) is 41.3 Å². The van der Waals surface area contributed by atoms with Crippen LogP contribution in [0.3, 0.4) is 0 Å². The molecule has 0 radical (unpaired) electrons. The predicted octanol–water partition coefficient (Wildman–Crippen LogP) is 4.36. The average molecular weight is 427 g/mol. The highest BCUT2D eigenvalue weighted by molar-refractivity contribution is 6.07. The second-order valence-electron chi connectivity index (χ2n) is 8.93. The zero-order valence-corrected chi connectivity index (χ0v) is 17.4. The van der Waals surface area contributed by atoms with Crippen molar-refractivity contribution in [3.63, 3.8) is 0 Å². The second kappa shape index (κ2) is 7.26. The van der Waals surface area contributed by atoms with Crippen molar-refractivity contribution in [2.45, 2.75) is 19.4 Å². The molecule has 1 aliphatic heterocycles. The van der Waals surface area contributed by atoms with Gasteiger partial charge >= 0.3 is 0 Å². The molecule has 2 heterocycles. The Labute approximate surface area is 184 Å². The van der Waals surface area contributed by atoms with Crippen molar-refractivity contribution >= 4 is 28.9 Å². The molecule has 3 aliphatic carbocycles. The average Bonchev–Trinajstić information content (AvgIpc) is 3.31. The summed E-state index contributed by atoms with van der Waals surface area (Å²) in [5, 5.41) is 6.46. The van der Waals surface area contributed by atoms with Crippen LogP contribution in [-0.2, 0) is 16.1 Å². The SMILES string of the molecule is O=C1[C@@H]2[C@H](C(=O)N1/N=C\c1cn(Cc3ccc(F)cc3)c3ccccc13)[C@H]1C=C[C@H]2CC1. The number of rotatable bonds is 4. The van der Waals surface area contributed by atoms with Gasteiger partial charge in [-0.3, -0.25) is 9.59 Å². The zero-order valence-electron chi connectivity index (χ0n) is 17.4. The van der Waals surface area contributed by atoms with E-state index in [1.807, 2.05) is 30.5 Å². The van der Waals surface area contributed by atoms with Gasteiger partial charge in [0.05, 0.1) is 18.1 Å². The van der Waals surface area contributed by atoms with Crippen molar-refractivity contribution in [1.29, 1.82) is 0 Å². The van der Waals surface area contributed by atoms with E-state index in [9.17, 15) is 14.0 Å². The Morgan fingerprint density at radius 1 is 0.938 bits per heavy atom.